The molecule has 2 aliphatic heterocycles. The highest BCUT2D eigenvalue weighted by Crippen LogP contribution is 2.24. The van der Waals surface area contributed by atoms with E-state index in [-0.39, 0.29) is 11.7 Å². The molecule has 0 saturated carbocycles. The largest absolute Gasteiger partial charge is 0.421 e. The number of likely N-dealkylation sites (tertiary alicyclic amines) is 2. The Morgan fingerprint density at radius 1 is 1.15 bits per heavy atom. The van der Waals surface area contributed by atoms with Crippen LogP contribution >= 0.6 is 0 Å². The molecule has 2 aromatic rings. The van der Waals surface area contributed by atoms with E-state index in [1.807, 2.05) is 24.3 Å². The molecule has 2 aliphatic rings. The zero-order valence-corrected chi connectivity index (χ0v) is 15.4. The molecule has 26 heavy (non-hydrogen) atoms. The first-order valence-corrected chi connectivity index (χ1v) is 9.71. The van der Waals surface area contributed by atoms with Crippen LogP contribution in [0, 0.1) is 11.8 Å². The van der Waals surface area contributed by atoms with Gasteiger partial charge in [0.15, 0.2) is 5.58 Å². The highest BCUT2D eigenvalue weighted by molar-refractivity contribution is 5.79. The second-order valence-electron chi connectivity index (χ2n) is 7.83. The summed E-state index contributed by atoms with van der Waals surface area (Å²) in [5.41, 5.74) is 1.46. The minimum absolute atomic E-state index is 0.134. The van der Waals surface area contributed by atoms with E-state index in [0.29, 0.717) is 24.1 Å². The van der Waals surface area contributed by atoms with Gasteiger partial charge in [0.25, 0.3) is 0 Å². The minimum Gasteiger partial charge on any atom is -0.408 e. The van der Waals surface area contributed by atoms with Crippen molar-refractivity contribution in [3.63, 3.8) is 0 Å². The standard InChI is InChI=1S/C20H27N3O3/c1-15-5-4-10-22(13-15)19(24)16-8-11-21(12-9-16)14-23-17-6-2-3-7-18(17)26-20(23)25/h2-3,6-7,15-16H,4-5,8-14H2,1H3/t15-/m1/s1. The maximum atomic E-state index is 12.8. The van der Waals surface area contributed by atoms with E-state index in [4.69, 9.17) is 4.42 Å². The topological polar surface area (TPSA) is 58.7 Å². The Kier molecular flexibility index (Phi) is 4.85. The zero-order chi connectivity index (χ0) is 18.1. The molecule has 1 aromatic heterocycles. The number of para-hydroxylation sites is 2. The van der Waals surface area contributed by atoms with Crippen LogP contribution in [0.2, 0.25) is 0 Å². The number of amides is 1. The number of fused-ring (bicyclic) bond motifs is 1. The average molecular weight is 357 g/mol. The molecule has 0 bridgehead atoms. The smallest absolute Gasteiger partial charge is 0.408 e. The molecule has 4 rings (SSSR count). The van der Waals surface area contributed by atoms with Gasteiger partial charge in [-0.25, -0.2) is 4.79 Å². The summed E-state index contributed by atoms with van der Waals surface area (Å²) in [5, 5.41) is 0. The molecular formula is C20H27N3O3. The summed E-state index contributed by atoms with van der Waals surface area (Å²) in [7, 11) is 0. The number of oxazole rings is 1. The highest BCUT2D eigenvalue weighted by Gasteiger charge is 2.30. The van der Waals surface area contributed by atoms with Crippen molar-refractivity contribution in [2.75, 3.05) is 26.2 Å². The number of aromatic nitrogens is 1. The summed E-state index contributed by atoms with van der Waals surface area (Å²) >= 11 is 0. The lowest BCUT2D eigenvalue weighted by atomic mass is 9.93. The van der Waals surface area contributed by atoms with E-state index in [0.717, 1.165) is 51.0 Å². The lowest BCUT2D eigenvalue weighted by molar-refractivity contribution is -0.139. The fourth-order valence-corrected chi connectivity index (χ4v) is 4.32. The van der Waals surface area contributed by atoms with Crippen LogP contribution in [0.1, 0.15) is 32.6 Å². The van der Waals surface area contributed by atoms with Crippen LogP contribution in [0.5, 0.6) is 0 Å². The quantitative estimate of drug-likeness (QED) is 0.847. The Hall–Kier alpha value is -2.08. The molecular weight excluding hydrogens is 330 g/mol. The van der Waals surface area contributed by atoms with Gasteiger partial charge in [0.2, 0.25) is 5.91 Å². The van der Waals surface area contributed by atoms with Gasteiger partial charge in [-0.1, -0.05) is 19.1 Å². The highest BCUT2D eigenvalue weighted by atomic mass is 16.4. The van der Waals surface area contributed by atoms with Gasteiger partial charge in [-0.2, -0.15) is 0 Å². The number of piperidine rings is 2. The molecule has 2 saturated heterocycles. The maximum Gasteiger partial charge on any atom is 0.421 e. The fraction of sp³-hybridized carbons (Fsp3) is 0.600. The van der Waals surface area contributed by atoms with Gasteiger partial charge in [-0.15, -0.1) is 0 Å². The maximum absolute atomic E-state index is 12.8. The number of benzene rings is 1. The lowest BCUT2D eigenvalue weighted by Crippen LogP contribution is -2.46. The molecule has 0 spiro atoms. The van der Waals surface area contributed by atoms with Gasteiger partial charge in [-0.05, 0) is 43.7 Å². The second kappa shape index (κ2) is 7.27. The van der Waals surface area contributed by atoms with Crippen molar-refractivity contribution in [1.82, 2.24) is 14.4 Å². The molecule has 0 radical (unpaired) electrons. The van der Waals surface area contributed by atoms with Gasteiger partial charge in [0.1, 0.15) is 0 Å². The third-order valence-electron chi connectivity index (χ3n) is 5.82. The lowest BCUT2D eigenvalue weighted by Gasteiger charge is -2.37. The SMILES string of the molecule is C[C@@H]1CCCN(C(=O)C2CCN(Cn3c(=O)oc4ccccc43)CC2)C1. The Balaban J connectivity index is 1.37. The van der Waals surface area contributed by atoms with Crippen LogP contribution in [0.3, 0.4) is 0 Å². The Labute approximate surface area is 153 Å². The van der Waals surface area contributed by atoms with Gasteiger partial charge in [0.05, 0.1) is 12.2 Å². The van der Waals surface area contributed by atoms with E-state index in [9.17, 15) is 9.59 Å². The third kappa shape index (κ3) is 3.43. The normalized spacial score (nSPS) is 22.8. The predicted octanol–water partition coefficient (Wildman–Crippen LogP) is 2.52. The number of nitrogens with zero attached hydrogens (tertiary/aromatic N) is 3. The van der Waals surface area contributed by atoms with Gasteiger partial charge in [0, 0.05) is 32.1 Å². The zero-order valence-electron chi connectivity index (χ0n) is 15.4. The molecule has 1 atom stereocenters. The molecule has 0 unspecified atom stereocenters. The summed E-state index contributed by atoms with van der Waals surface area (Å²) in [5.74, 6) is 0.775. The van der Waals surface area contributed by atoms with Gasteiger partial charge >= 0.3 is 5.76 Å². The van der Waals surface area contributed by atoms with E-state index < -0.39 is 0 Å². The first-order valence-electron chi connectivity index (χ1n) is 9.71. The van der Waals surface area contributed by atoms with Crippen LogP contribution in [0.25, 0.3) is 11.1 Å². The molecule has 0 N–H and O–H groups in total. The average Bonchev–Trinajstić information content (AvgIpc) is 2.97. The molecule has 6 heteroatoms. The molecule has 6 nitrogen and oxygen atoms in total. The number of rotatable bonds is 3. The Bertz CT molecular complexity index is 832. The van der Waals surface area contributed by atoms with Crippen LogP contribution in [0.15, 0.2) is 33.5 Å². The molecule has 0 aliphatic carbocycles. The van der Waals surface area contributed by atoms with Crippen molar-refractivity contribution in [3.8, 4) is 0 Å². The number of hydrogen-bond acceptors (Lipinski definition) is 4. The Morgan fingerprint density at radius 3 is 2.69 bits per heavy atom. The van der Waals surface area contributed by atoms with E-state index in [1.54, 1.807) is 4.57 Å². The molecule has 3 heterocycles. The molecule has 1 aromatic carbocycles. The van der Waals surface area contributed by atoms with Crippen LogP contribution < -0.4 is 5.76 Å². The minimum atomic E-state index is -0.313. The van der Waals surface area contributed by atoms with E-state index in [2.05, 4.69) is 16.7 Å². The summed E-state index contributed by atoms with van der Waals surface area (Å²) in [4.78, 5) is 29.2. The van der Waals surface area contributed by atoms with Crippen LogP contribution in [-0.2, 0) is 11.5 Å². The fourth-order valence-electron chi connectivity index (χ4n) is 4.32. The van der Waals surface area contributed by atoms with Gasteiger partial charge in [-0.3, -0.25) is 14.3 Å². The van der Waals surface area contributed by atoms with Gasteiger partial charge < -0.3 is 9.32 Å². The van der Waals surface area contributed by atoms with Crippen molar-refractivity contribution < 1.29 is 9.21 Å². The first kappa shape index (κ1) is 17.3. The first-order chi connectivity index (χ1) is 12.6. The van der Waals surface area contributed by atoms with Crippen LogP contribution in [0.4, 0.5) is 0 Å². The van der Waals surface area contributed by atoms with Crippen molar-refractivity contribution >= 4 is 17.0 Å². The Morgan fingerprint density at radius 2 is 1.92 bits per heavy atom. The third-order valence-corrected chi connectivity index (χ3v) is 5.82. The summed E-state index contributed by atoms with van der Waals surface area (Å²) < 4.78 is 6.99. The number of carbonyl (C=O) groups excluding carboxylic acids is 1. The summed E-state index contributed by atoms with van der Waals surface area (Å²) in [6.07, 6.45) is 4.10. The van der Waals surface area contributed by atoms with Crippen molar-refractivity contribution in [2.45, 2.75) is 39.3 Å². The van der Waals surface area contributed by atoms with E-state index >= 15 is 0 Å². The summed E-state index contributed by atoms with van der Waals surface area (Å²) in [6.45, 7) is 6.26. The monoisotopic (exact) mass is 357 g/mol. The number of hydrogen-bond donors (Lipinski definition) is 0. The number of carbonyl (C=O) groups is 1. The van der Waals surface area contributed by atoms with Crippen LogP contribution in [-0.4, -0.2) is 46.5 Å². The second-order valence-corrected chi connectivity index (χ2v) is 7.83. The summed E-state index contributed by atoms with van der Waals surface area (Å²) in [6, 6.07) is 7.51. The van der Waals surface area contributed by atoms with Crippen molar-refractivity contribution in [3.05, 3.63) is 34.8 Å². The molecule has 140 valence electrons. The molecule has 1 amide bonds. The predicted molar refractivity (Wildman–Crippen MR) is 99.7 cm³/mol. The molecule has 2 fully saturated rings. The van der Waals surface area contributed by atoms with Crippen molar-refractivity contribution in [1.29, 1.82) is 0 Å². The van der Waals surface area contributed by atoms with E-state index in [1.165, 1.54) is 6.42 Å². The van der Waals surface area contributed by atoms with Crippen molar-refractivity contribution in [2.24, 2.45) is 11.8 Å².